The molecule has 1 heterocycles. The van der Waals surface area contributed by atoms with Crippen molar-refractivity contribution in [1.82, 2.24) is 5.32 Å². The lowest BCUT2D eigenvalue weighted by Gasteiger charge is -2.26. The largest absolute Gasteiger partial charge is 0.463 e. The molecule has 0 unspecified atom stereocenters. The molecule has 0 aliphatic carbocycles. The first kappa shape index (κ1) is 21.0. The SMILES string of the molecule is CCOC(=O)C1=C(C)NC(SCc2ccccc2)=N[C@@H]1c1ccc(N(C)C)cc1. The van der Waals surface area contributed by atoms with Crippen molar-refractivity contribution in [1.29, 1.82) is 0 Å². The van der Waals surface area contributed by atoms with Crippen LogP contribution in [-0.2, 0) is 15.3 Å². The number of aliphatic imine (C=N–C) groups is 1. The molecule has 152 valence electrons. The molecule has 5 nitrogen and oxygen atoms in total. The molecule has 1 N–H and O–H groups in total. The van der Waals surface area contributed by atoms with Crippen molar-refractivity contribution < 1.29 is 9.53 Å². The number of hydrogen-bond donors (Lipinski definition) is 1. The van der Waals surface area contributed by atoms with Gasteiger partial charge in [-0.15, -0.1) is 0 Å². The number of hydrogen-bond acceptors (Lipinski definition) is 6. The van der Waals surface area contributed by atoms with Crippen molar-refractivity contribution in [3.8, 4) is 0 Å². The maximum Gasteiger partial charge on any atom is 0.338 e. The molecule has 3 rings (SSSR count). The number of rotatable bonds is 6. The van der Waals surface area contributed by atoms with Crippen LogP contribution in [-0.4, -0.2) is 31.8 Å². The molecule has 0 saturated carbocycles. The Morgan fingerprint density at radius 1 is 1.14 bits per heavy atom. The highest BCUT2D eigenvalue weighted by Crippen LogP contribution is 2.34. The normalized spacial score (nSPS) is 16.1. The van der Waals surface area contributed by atoms with E-state index in [9.17, 15) is 4.79 Å². The van der Waals surface area contributed by atoms with E-state index in [-0.39, 0.29) is 12.0 Å². The number of carbonyl (C=O) groups excluding carboxylic acids is 1. The van der Waals surface area contributed by atoms with Gasteiger partial charge < -0.3 is 15.0 Å². The summed E-state index contributed by atoms with van der Waals surface area (Å²) in [4.78, 5) is 19.6. The van der Waals surface area contributed by atoms with Crippen LogP contribution >= 0.6 is 11.8 Å². The Bertz CT molecular complexity index is 905. The van der Waals surface area contributed by atoms with Crippen LogP contribution in [0.2, 0.25) is 0 Å². The lowest BCUT2D eigenvalue weighted by molar-refractivity contribution is -0.138. The zero-order valence-electron chi connectivity index (χ0n) is 17.3. The molecule has 0 fully saturated rings. The van der Waals surface area contributed by atoms with Gasteiger partial charge in [0.05, 0.1) is 12.2 Å². The van der Waals surface area contributed by atoms with Crippen molar-refractivity contribution >= 4 is 28.6 Å². The fourth-order valence-electron chi connectivity index (χ4n) is 3.12. The third kappa shape index (κ3) is 5.21. The fourth-order valence-corrected chi connectivity index (χ4v) is 4.02. The van der Waals surface area contributed by atoms with E-state index < -0.39 is 0 Å². The van der Waals surface area contributed by atoms with Crippen molar-refractivity contribution in [3.63, 3.8) is 0 Å². The molecular weight excluding hydrogens is 382 g/mol. The highest BCUT2D eigenvalue weighted by Gasteiger charge is 2.30. The number of carbonyl (C=O) groups is 1. The van der Waals surface area contributed by atoms with Gasteiger partial charge in [0.2, 0.25) is 0 Å². The van der Waals surface area contributed by atoms with Crippen LogP contribution in [0.15, 0.2) is 70.9 Å². The average Bonchev–Trinajstić information content (AvgIpc) is 2.72. The zero-order chi connectivity index (χ0) is 20.8. The molecule has 6 heteroatoms. The second kappa shape index (κ2) is 9.65. The molecule has 0 aromatic heterocycles. The summed E-state index contributed by atoms with van der Waals surface area (Å²) in [5.41, 5.74) is 4.65. The summed E-state index contributed by atoms with van der Waals surface area (Å²) in [5, 5.41) is 4.10. The van der Waals surface area contributed by atoms with E-state index in [1.807, 2.05) is 75.3 Å². The topological polar surface area (TPSA) is 53.9 Å². The monoisotopic (exact) mass is 409 g/mol. The second-order valence-corrected chi connectivity index (χ2v) is 7.95. The van der Waals surface area contributed by atoms with Gasteiger partial charge in [-0.1, -0.05) is 54.2 Å². The third-order valence-corrected chi connectivity index (χ3v) is 5.62. The van der Waals surface area contributed by atoms with Crippen molar-refractivity contribution in [2.45, 2.75) is 25.6 Å². The summed E-state index contributed by atoms with van der Waals surface area (Å²) >= 11 is 1.63. The Hall–Kier alpha value is -2.73. The second-order valence-electron chi connectivity index (χ2n) is 6.98. The molecule has 29 heavy (non-hydrogen) atoms. The predicted octanol–water partition coefficient (Wildman–Crippen LogP) is 4.52. The quantitative estimate of drug-likeness (QED) is 0.711. The molecule has 2 aromatic rings. The predicted molar refractivity (Wildman–Crippen MR) is 121 cm³/mol. The molecule has 1 atom stereocenters. The lowest BCUT2D eigenvalue weighted by Crippen LogP contribution is -2.30. The van der Waals surface area contributed by atoms with E-state index in [1.165, 1.54) is 5.56 Å². The third-order valence-electron chi connectivity index (χ3n) is 4.66. The first-order chi connectivity index (χ1) is 14.0. The zero-order valence-corrected chi connectivity index (χ0v) is 18.1. The van der Waals surface area contributed by atoms with Crippen LogP contribution in [0.25, 0.3) is 0 Å². The number of anilines is 1. The van der Waals surface area contributed by atoms with E-state index in [0.29, 0.717) is 12.2 Å². The number of thioether (sulfide) groups is 1. The number of benzene rings is 2. The molecule has 1 aliphatic rings. The summed E-state index contributed by atoms with van der Waals surface area (Å²) in [5.74, 6) is 0.482. The van der Waals surface area contributed by atoms with Gasteiger partial charge in [-0.3, -0.25) is 0 Å². The molecule has 0 saturated heterocycles. The number of amidine groups is 1. The van der Waals surface area contributed by atoms with Crippen molar-refractivity contribution in [2.75, 3.05) is 25.6 Å². The van der Waals surface area contributed by atoms with Gasteiger partial charge in [0.25, 0.3) is 0 Å². The van der Waals surface area contributed by atoms with Crippen LogP contribution < -0.4 is 10.2 Å². The van der Waals surface area contributed by atoms with Gasteiger partial charge in [-0.2, -0.15) is 0 Å². The first-order valence-corrected chi connectivity index (χ1v) is 10.6. The number of nitrogens with zero attached hydrogens (tertiary/aromatic N) is 2. The maximum atomic E-state index is 12.6. The molecule has 0 amide bonds. The molecule has 0 spiro atoms. The van der Waals surface area contributed by atoms with Gasteiger partial charge in [-0.25, -0.2) is 9.79 Å². The van der Waals surface area contributed by atoms with Gasteiger partial charge in [0.1, 0.15) is 6.04 Å². The fraction of sp³-hybridized carbons (Fsp3) is 0.304. The van der Waals surface area contributed by atoms with Crippen molar-refractivity contribution in [3.05, 3.63) is 77.0 Å². The highest BCUT2D eigenvalue weighted by atomic mass is 32.2. The van der Waals surface area contributed by atoms with Gasteiger partial charge in [-0.05, 0) is 37.1 Å². The summed E-state index contributed by atoms with van der Waals surface area (Å²) < 4.78 is 5.31. The lowest BCUT2D eigenvalue weighted by atomic mass is 9.96. The van der Waals surface area contributed by atoms with Crippen LogP contribution in [0.1, 0.15) is 31.0 Å². The minimum absolute atomic E-state index is 0.324. The maximum absolute atomic E-state index is 12.6. The minimum Gasteiger partial charge on any atom is -0.463 e. The van der Waals surface area contributed by atoms with Crippen LogP contribution in [0.3, 0.4) is 0 Å². The van der Waals surface area contributed by atoms with Crippen molar-refractivity contribution in [2.24, 2.45) is 4.99 Å². The van der Waals surface area contributed by atoms with E-state index in [2.05, 4.69) is 17.4 Å². The van der Waals surface area contributed by atoms with E-state index in [0.717, 1.165) is 27.9 Å². The van der Waals surface area contributed by atoms with E-state index in [4.69, 9.17) is 9.73 Å². The Kier molecular flexibility index (Phi) is 6.99. The van der Waals surface area contributed by atoms with Gasteiger partial charge in [0, 0.05) is 31.2 Å². The first-order valence-electron chi connectivity index (χ1n) is 9.66. The Balaban J connectivity index is 1.89. The summed E-state index contributed by atoms with van der Waals surface area (Å²) in [6, 6.07) is 18.0. The molecule has 1 aliphatic heterocycles. The summed E-state index contributed by atoms with van der Waals surface area (Å²) in [7, 11) is 4.01. The highest BCUT2D eigenvalue weighted by molar-refractivity contribution is 8.13. The molecular formula is C23H27N3O2S. The van der Waals surface area contributed by atoms with Crippen LogP contribution in [0.5, 0.6) is 0 Å². The summed E-state index contributed by atoms with van der Waals surface area (Å²) in [6.07, 6.45) is 0. The minimum atomic E-state index is -0.384. The van der Waals surface area contributed by atoms with E-state index in [1.54, 1.807) is 11.8 Å². The molecule has 0 bridgehead atoms. The number of esters is 1. The smallest absolute Gasteiger partial charge is 0.338 e. The standard InChI is InChI=1S/C23H27N3O2S/c1-5-28-22(27)20-16(2)24-23(29-15-17-9-7-6-8-10-17)25-21(20)18-11-13-19(14-12-18)26(3)4/h6-14,21H,5,15H2,1-4H3,(H,24,25)/t21-/m1/s1. The Labute approximate surface area is 176 Å². The Morgan fingerprint density at radius 2 is 1.83 bits per heavy atom. The number of nitrogens with one attached hydrogen (secondary N) is 1. The average molecular weight is 410 g/mol. The number of allylic oxidation sites excluding steroid dienone is 1. The summed E-state index contributed by atoms with van der Waals surface area (Å²) in [6.45, 7) is 4.06. The van der Waals surface area contributed by atoms with Crippen LogP contribution in [0, 0.1) is 0 Å². The molecule has 2 aromatic carbocycles. The van der Waals surface area contributed by atoms with Gasteiger partial charge in [0.15, 0.2) is 5.17 Å². The van der Waals surface area contributed by atoms with Gasteiger partial charge >= 0.3 is 5.97 Å². The van der Waals surface area contributed by atoms with Crippen LogP contribution in [0.4, 0.5) is 5.69 Å². The van der Waals surface area contributed by atoms with E-state index >= 15 is 0 Å². The Morgan fingerprint density at radius 3 is 2.45 bits per heavy atom. The number of ether oxygens (including phenoxy) is 1. The molecule has 0 radical (unpaired) electrons.